The van der Waals surface area contributed by atoms with Crippen LogP contribution >= 0.6 is 0 Å². The zero-order valence-corrected chi connectivity index (χ0v) is 7.76. The van der Waals surface area contributed by atoms with Crippen LogP contribution in [-0.2, 0) is 4.79 Å². The molecule has 68 valence electrons. The van der Waals surface area contributed by atoms with E-state index in [0.29, 0.717) is 12.6 Å². The Kier molecular flexibility index (Phi) is 1.65. The summed E-state index contributed by atoms with van der Waals surface area (Å²) in [5.41, 5.74) is 0.0243. The summed E-state index contributed by atoms with van der Waals surface area (Å²) in [6.45, 7) is 5.72. The Morgan fingerprint density at radius 3 is 2.67 bits per heavy atom. The molecule has 1 saturated carbocycles. The number of hydrogen-bond acceptors (Lipinski definition) is 2. The molecule has 0 atom stereocenters. The summed E-state index contributed by atoms with van der Waals surface area (Å²) >= 11 is 0. The zero-order chi connectivity index (χ0) is 8.77. The first kappa shape index (κ1) is 8.05. The minimum absolute atomic E-state index is 0.0243. The Balaban J connectivity index is 2.16. The summed E-state index contributed by atoms with van der Waals surface area (Å²) < 4.78 is 0. The molecule has 1 saturated heterocycles. The molecule has 0 bridgehead atoms. The van der Waals surface area contributed by atoms with Crippen molar-refractivity contribution in [2.24, 2.45) is 0 Å². The molecule has 1 amide bonds. The molecule has 0 unspecified atom stereocenters. The number of nitrogens with one attached hydrogen (secondary N) is 1. The van der Waals surface area contributed by atoms with Gasteiger partial charge in [0.15, 0.2) is 0 Å². The van der Waals surface area contributed by atoms with Gasteiger partial charge in [-0.3, -0.25) is 4.79 Å². The first-order valence-corrected chi connectivity index (χ1v) is 4.64. The predicted molar refractivity (Wildman–Crippen MR) is 46.8 cm³/mol. The Morgan fingerprint density at radius 2 is 2.17 bits per heavy atom. The Labute approximate surface area is 73.1 Å². The largest absolute Gasteiger partial charge is 0.332 e. The van der Waals surface area contributed by atoms with Crippen LogP contribution in [0.15, 0.2) is 0 Å². The molecule has 2 aliphatic rings. The average Bonchev–Trinajstić information content (AvgIpc) is 2.68. The van der Waals surface area contributed by atoms with Gasteiger partial charge in [-0.05, 0) is 26.7 Å². The third-order valence-electron chi connectivity index (χ3n) is 2.67. The monoisotopic (exact) mass is 168 g/mol. The van der Waals surface area contributed by atoms with Crippen molar-refractivity contribution in [3.8, 4) is 0 Å². The molecule has 0 radical (unpaired) electrons. The van der Waals surface area contributed by atoms with Crippen LogP contribution in [-0.4, -0.2) is 35.5 Å². The molecule has 0 aromatic carbocycles. The molecule has 2 rings (SSSR count). The molecule has 0 aromatic heterocycles. The summed E-state index contributed by atoms with van der Waals surface area (Å²) in [4.78, 5) is 13.6. The number of carbonyl (C=O) groups excluding carboxylic acids is 1. The van der Waals surface area contributed by atoms with Crippen molar-refractivity contribution >= 4 is 5.91 Å². The zero-order valence-electron chi connectivity index (χ0n) is 7.76. The van der Waals surface area contributed by atoms with Gasteiger partial charge in [0.05, 0.1) is 12.1 Å². The third-order valence-corrected chi connectivity index (χ3v) is 2.67. The van der Waals surface area contributed by atoms with E-state index < -0.39 is 0 Å². The van der Waals surface area contributed by atoms with Gasteiger partial charge in [-0.15, -0.1) is 0 Å². The fraction of sp³-hybridized carbons (Fsp3) is 0.889. The predicted octanol–water partition coefficient (Wildman–Crippen LogP) is 0.359. The number of carbonyl (C=O) groups is 1. The number of piperazine rings is 1. The number of rotatable bonds is 1. The lowest BCUT2D eigenvalue weighted by molar-refractivity contribution is -0.139. The van der Waals surface area contributed by atoms with Crippen LogP contribution in [0.1, 0.15) is 26.7 Å². The van der Waals surface area contributed by atoms with Gasteiger partial charge in [0, 0.05) is 12.6 Å². The lowest BCUT2D eigenvalue weighted by Gasteiger charge is -2.43. The van der Waals surface area contributed by atoms with Gasteiger partial charge in [-0.2, -0.15) is 0 Å². The van der Waals surface area contributed by atoms with E-state index in [0.717, 1.165) is 6.54 Å². The molecule has 2 fully saturated rings. The van der Waals surface area contributed by atoms with E-state index in [1.54, 1.807) is 0 Å². The molecule has 12 heavy (non-hydrogen) atoms. The maximum absolute atomic E-state index is 11.6. The summed E-state index contributed by atoms with van der Waals surface area (Å²) in [5.74, 6) is 0.272. The highest BCUT2D eigenvalue weighted by atomic mass is 16.2. The first-order valence-electron chi connectivity index (χ1n) is 4.64. The summed E-state index contributed by atoms with van der Waals surface area (Å²) in [6.07, 6.45) is 2.41. The van der Waals surface area contributed by atoms with Gasteiger partial charge >= 0.3 is 0 Å². The van der Waals surface area contributed by atoms with Crippen LogP contribution in [0.3, 0.4) is 0 Å². The van der Waals surface area contributed by atoms with Gasteiger partial charge in [0.1, 0.15) is 0 Å². The normalized spacial score (nSPS) is 29.2. The molecule has 3 heteroatoms. The summed E-state index contributed by atoms with van der Waals surface area (Å²) in [6, 6.07) is 0.551. The van der Waals surface area contributed by atoms with Crippen molar-refractivity contribution in [2.75, 3.05) is 13.1 Å². The van der Waals surface area contributed by atoms with Gasteiger partial charge in [0.25, 0.3) is 0 Å². The lowest BCUT2D eigenvalue weighted by Crippen LogP contribution is -2.61. The SMILES string of the molecule is CC1(C)CNCC(=O)N1C1CC1. The van der Waals surface area contributed by atoms with Crippen molar-refractivity contribution < 1.29 is 4.79 Å². The number of hydrogen-bond donors (Lipinski definition) is 1. The Hall–Kier alpha value is -0.570. The van der Waals surface area contributed by atoms with Crippen molar-refractivity contribution in [3.05, 3.63) is 0 Å². The molecular formula is C9H16N2O. The highest BCUT2D eigenvalue weighted by Gasteiger charge is 2.43. The maximum Gasteiger partial charge on any atom is 0.237 e. The lowest BCUT2D eigenvalue weighted by atomic mass is 10.00. The van der Waals surface area contributed by atoms with Crippen LogP contribution in [0.2, 0.25) is 0 Å². The molecule has 1 N–H and O–H groups in total. The van der Waals surface area contributed by atoms with Crippen LogP contribution in [0.5, 0.6) is 0 Å². The standard InChI is InChI=1S/C9H16N2O/c1-9(2)6-10-5-8(12)11(9)7-3-4-7/h7,10H,3-6H2,1-2H3. The summed E-state index contributed by atoms with van der Waals surface area (Å²) in [5, 5.41) is 3.15. The highest BCUT2D eigenvalue weighted by molar-refractivity contribution is 5.80. The molecule has 1 aliphatic carbocycles. The summed E-state index contributed by atoms with van der Waals surface area (Å²) in [7, 11) is 0. The number of amides is 1. The Bertz CT molecular complexity index is 209. The molecule has 1 aliphatic heterocycles. The molecule has 0 aromatic rings. The molecule has 1 heterocycles. The second-order valence-corrected chi connectivity index (χ2v) is 4.41. The second-order valence-electron chi connectivity index (χ2n) is 4.41. The van der Waals surface area contributed by atoms with Crippen LogP contribution in [0.4, 0.5) is 0 Å². The van der Waals surface area contributed by atoms with Gasteiger partial charge < -0.3 is 10.2 Å². The van der Waals surface area contributed by atoms with Gasteiger partial charge in [0.2, 0.25) is 5.91 Å². The fourth-order valence-corrected chi connectivity index (χ4v) is 2.01. The molecule has 0 spiro atoms. The van der Waals surface area contributed by atoms with Crippen molar-refractivity contribution in [1.29, 1.82) is 0 Å². The second kappa shape index (κ2) is 2.46. The Morgan fingerprint density at radius 1 is 1.50 bits per heavy atom. The van der Waals surface area contributed by atoms with Crippen molar-refractivity contribution in [3.63, 3.8) is 0 Å². The van der Waals surface area contributed by atoms with Crippen molar-refractivity contribution in [1.82, 2.24) is 10.2 Å². The van der Waals surface area contributed by atoms with E-state index >= 15 is 0 Å². The van der Waals surface area contributed by atoms with Crippen molar-refractivity contribution in [2.45, 2.75) is 38.3 Å². The van der Waals surface area contributed by atoms with Crippen LogP contribution in [0.25, 0.3) is 0 Å². The minimum atomic E-state index is 0.0243. The number of nitrogens with zero attached hydrogens (tertiary/aromatic N) is 1. The molecular weight excluding hydrogens is 152 g/mol. The quantitative estimate of drug-likeness (QED) is 0.613. The topological polar surface area (TPSA) is 32.3 Å². The van der Waals surface area contributed by atoms with Gasteiger partial charge in [-0.1, -0.05) is 0 Å². The van der Waals surface area contributed by atoms with E-state index in [-0.39, 0.29) is 11.4 Å². The maximum atomic E-state index is 11.6. The van der Waals surface area contributed by atoms with Crippen LogP contribution in [0, 0.1) is 0 Å². The van der Waals surface area contributed by atoms with Gasteiger partial charge in [-0.25, -0.2) is 0 Å². The van der Waals surface area contributed by atoms with E-state index in [9.17, 15) is 4.79 Å². The average molecular weight is 168 g/mol. The van der Waals surface area contributed by atoms with E-state index in [1.165, 1.54) is 12.8 Å². The third kappa shape index (κ3) is 1.22. The smallest absolute Gasteiger partial charge is 0.237 e. The minimum Gasteiger partial charge on any atom is -0.332 e. The highest BCUT2D eigenvalue weighted by Crippen LogP contribution is 2.33. The van der Waals surface area contributed by atoms with E-state index in [2.05, 4.69) is 24.1 Å². The van der Waals surface area contributed by atoms with E-state index in [1.807, 2.05) is 0 Å². The van der Waals surface area contributed by atoms with Crippen LogP contribution < -0.4 is 5.32 Å². The fourth-order valence-electron chi connectivity index (χ4n) is 2.01. The van der Waals surface area contributed by atoms with E-state index in [4.69, 9.17) is 0 Å². The molecule has 3 nitrogen and oxygen atoms in total. The first-order chi connectivity index (χ1) is 5.61.